The van der Waals surface area contributed by atoms with Gasteiger partial charge in [0.25, 0.3) is 5.88 Å². The summed E-state index contributed by atoms with van der Waals surface area (Å²) in [6.45, 7) is 0.413. The third kappa shape index (κ3) is 3.35. The molecule has 5 nitrogen and oxygen atoms in total. The van der Waals surface area contributed by atoms with E-state index in [1.165, 1.54) is 6.33 Å². The molecule has 1 N–H and O–H groups in total. The van der Waals surface area contributed by atoms with Crippen LogP contribution < -0.4 is 14.8 Å². The number of hydrogen-bond donors (Lipinski definition) is 1. The number of aromatic nitrogens is 2. The van der Waals surface area contributed by atoms with Crippen LogP contribution >= 0.6 is 15.9 Å². The minimum absolute atomic E-state index is 0.413. The van der Waals surface area contributed by atoms with Crippen LogP contribution in [0.2, 0.25) is 0 Å². The Morgan fingerprint density at radius 1 is 1.32 bits per heavy atom. The van der Waals surface area contributed by atoms with Crippen LogP contribution in [0.15, 0.2) is 35.1 Å². The van der Waals surface area contributed by atoms with Gasteiger partial charge in [0.1, 0.15) is 12.9 Å². The highest BCUT2D eigenvalue weighted by molar-refractivity contribution is 9.10. The van der Waals surface area contributed by atoms with Crippen LogP contribution in [0.3, 0.4) is 0 Å². The Kier molecular flexibility index (Phi) is 4.57. The second-order valence-electron chi connectivity index (χ2n) is 3.73. The van der Waals surface area contributed by atoms with Crippen LogP contribution in [-0.2, 0) is 6.61 Å². The van der Waals surface area contributed by atoms with Gasteiger partial charge in [-0.2, -0.15) is 4.98 Å². The monoisotopic (exact) mass is 323 g/mol. The summed E-state index contributed by atoms with van der Waals surface area (Å²) in [6, 6.07) is 7.90. The minimum Gasteiger partial charge on any atom is -0.489 e. The van der Waals surface area contributed by atoms with Crippen LogP contribution in [-0.4, -0.2) is 24.1 Å². The van der Waals surface area contributed by atoms with Gasteiger partial charge < -0.3 is 14.8 Å². The van der Waals surface area contributed by atoms with E-state index >= 15 is 0 Å². The Hall–Kier alpha value is -1.82. The van der Waals surface area contributed by atoms with Crippen molar-refractivity contribution >= 4 is 21.7 Å². The number of ether oxygens (including phenoxy) is 2. The summed E-state index contributed by atoms with van der Waals surface area (Å²) >= 11 is 3.42. The lowest BCUT2D eigenvalue weighted by atomic mass is 10.2. The molecule has 2 rings (SSSR count). The lowest BCUT2D eigenvalue weighted by molar-refractivity contribution is 0.272. The standard InChI is InChI=1S/C13H14BrN3O2/c1-15-12-11(18-2)13(17-8-16-12)19-7-9-4-3-5-10(14)6-9/h3-6,8H,7H2,1-2H3,(H,15,16,17). The molecule has 0 atom stereocenters. The van der Waals surface area contributed by atoms with E-state index in [0.29, 0.717) is 24.1 Å². The molecule has 0 spiro atoms. The first-order valence-corrected chi connectivity index (χ1v) is 6.48. The fraction of sp³-hybridized carbons (Fsp3) is 0.231. The quantitative estimate of drug-likeness (QED) is 0.916. The number of methoxy groups -OCH3 is 1. The highest BCUT2D eigenvalue weighted by atomic mass is 79.9. The Morgan fingerprint density at radius 3 is 2.84 bits per heavy atom. The predicted molar refractivity (Wildman–Crippen MR) is 76.6 cm³/mol. The lowest BCUT2D eigenvalue weighted by Crippen LogP contribution is -2.03. The van der Waals surface area contributed by atoms with Crippen LogP contribution in [0.4, 0.5) is 5.82 Å². The van der Waals surface area contributed by atoms with E-state index in [1.54, 1.807) is 14.2 Å². The maximum absolute atomic E-state index is 5.67. The van der Waals surface area contributed by atoms with E-state index in [4.69, 9.17) is 9.47 Å². The van der Waals surface area contributed by atoms with Gasteiger partial charge in [0.05, 0.1) is 7.11 Å². The summed E-state index contributed by atoms with van der Waals surface area (Å²) in [5.74, 6) is 1.52. The van der Waals surface area contributed by atoms with Gasteiger partial charge in [-0.25, -0.2) is 4.98 Å². The molecule has 0 saturated carbocycles. The summed E-state index contributed by atoms with van der Waals surface area (Å²) in [7, 11) is 3.33. The molecule has 0 bridgehead atoms. The minimum atomic E-state index is 0.413. The van der Waals surface area contributed by atoms with Gasteiger partial charge in [-0.05, 0) is 17.7 Å². The molecule has 1 aromatic heterocycles. The molecule has 2 aromatic rings. The molecule has 0 aliphatic carbocycles. The molecule has 0 radical (unpaired) electrons. The Morgan fingerprint density at radius 2 is 2.16 bits per heavy atom. The van der Waals surface area contributed by atoms with Gasteiger partial charge in [0, 0.05) is 11.5 Å². The van der Waals surface area contributed by atoms with Crippen LogP contribution in [0.25, 0.3) is 0 Å². The van der Waals surface area contributed by atoms with E-state index in [2.05, 4.69) is 31.2 Å². The second-order valence-corrected chi connectivity index (χ2v) is 4.64. The van der Waals surface area contributed by atoms with Gasteiger partial charge >= 0.3 is 0 Å². The maximum atomic E-state index is 5.67. The molecule has 0 saturated heterocycles. The summed E-state index contributed by atoms with van der Waals surface area (Å²) < 4.78 is 11.9. The largest absolute Gasteiger partial charge is 0.489 e. The Bertz CT molecular complexity index is 563. The topological polar surface area (TPSA) is 56.3 Å². The molecule has 100 valence electrons. The fourth-order valence-electron chi connectivity index (χ4n) is 1.60. The van der Waals surface area contributed by atoms with E-state index in [-0.39, 0.29) is 0 Å². The second kappa shape index (κ2) is 6.38. The van der Waals surface area contributed by atoms with E-state index in [0.717, 1.165) is 10.0 Å². The third-order valence-corrected chi connectivity index (χ3v) is 2.97. The van der Waals surface area contributed by atoms with Crippen LogP contribution in [0.5, 0.6) is 11.6 Å². The van der Waals surface area contributed by atoms with Crippen molar-refractivity contribution in [3.8, 4) is 11.6 Å². The van der Waals surface area contributed by atoms with E-state index in [1.807, 2.05) is 24.3 Å². The van der Waals surface area contributed by atoms with Crippen molar-refractivity contribution < 1.29 is 9.47 Å². The first-order valence-electron chi connectivity index (χ1n) is 5.68. The van der Waals surface area contributed by atoms with Crippen molar-refractivity contribution in [3.05, 3.63) is 40.6 Å². The van der Waals surface area contributed by atoms with Crippen LogP contribution in [0, 0.1) is 0 Å². The van der Waals surface area contributed by atoms with Crippen molar-refractivity contribution in [2.24, 2.45) is 0 Å². The van der Waals surface area contributed by atoms with Crippen molar-refractivity contribution in [1.82, 2.24) is 9.97 Å². The first-order chi connectivity index (χ1) is 9.24. The molecule has 0 aliphatic rings. The predicted octanol–water partition coefficient (Wildman–Crippen LogP) is 2.87. The number of benzene rings is 1. The van der Waals surface area contributed by atoms with E-state index in [9.17, 15) is 0 Å². The summed E-state index contributed by atoms with van der Waals surface area (Å²) in [5.41, 5.74) is 1.04. The Labute approximate surface area is 120 Å². The first kappa shape index (κ1) is 13.6. The highest BCUT2D eigenvalue weighted by Crippen LogP contribution is 2.31. The molecule has 19 heavy (non-hydrogen) atoms. The van der Waals surface area contributed by atoms with Gasteiger partial charge in [0.15, 0.2) is 5.82 Å². The van der Waals surface area contributed by atoms with Gasteiger partial charge in [-0.3, -0.25) is 0 Å². The zero-order valence-corrected chi connectivity index (χ0v) is 12.3. The number of rotatable bonds is 5. The zero-order valence-electron chi connectivity index (χ0n) is 10.7. The molecule has 1 aromatic carbocycles. The van der Waals surface area contributed by atoms with Crippen molar-refractivity contribution in [3.63, 3.8) is 0 Å². The number of nitrogens with one attached hydrogen (secondary N) is 1. The molecule has 0 aliphatic heterocycles. The smallest absolute Gasteiger partial charge is 0.262 e. The summed E-state index contributed by atoms with van der Waals surface area (Å²) in [5, 5.41) is 2.93. The van der Waals surface area contributed by atoms with E-state index < -0.39 is 0 Å². The molecular formula is C13H14BrN3O2. The number of nitrogens with zero attached hydrogens (tertiary/aromatic N) is 2. The SMILES string of the molecule is CNc1ncnc(OCc2cccc(Br)c2)c1OC. The van der Waals surface area contributed by atoms with Crippen molar-refractivity contribution in [1.29, 1.82) is 0 Å². The lowest BCUT2D eigenvalue weighted by Gasteiger charge is -2.12. The summed E-state index contributed by atoms with van der Waals surface area (Å²) in [6.07, 6.45) is 1.44. The number of hydrogen-bond acceptors (Lipinski definition) is 5. The molecular weight excluding hydrogens is 310 g/mol. The highest BCUT2D eigenvalue weighted by Gasteiger charge is 2.12. The number of halogens is 1. The molecule has 0 amide bonds. The zero-order chi connectivity index (χ0) is 13.7. The van der Waals surface area contributed by atoms with Crippen molar-refractivity contribution in [2.45, 2.75) is 6.61 Å². The maximum Gasteiger partial charge on any atom is 0.262 e. The van der Waals surface area contributed by atoms with Crippen LogP contribution in [0.1, 0.15) is 5.56 Å². The van der Waals surface area contributed by atoms with Gasteiger partial charge in [0.2, 0.25) is 5.75 Å². The third-order valence-electron chi connectivity index (χ3n) is 2.48. The molecule has 0 unspecified atom stereocenters. The van der Waals surface area contributed by atoms with Crippen molar-refractivity contribution in [2.75, 3.05) is 19.5 Å². The normalized spacial score (nSPS) is 10.1. The van der Waals surface area contributed by atoms with Gasteiger partial charge in [-0.15, -0.1) is 0 Å². The molecule has 6 heteroatoms. The molecule has 1 heterocycles. The van der Waals surface area contributed by atoms with Gasteiger partial charge in [-0.1, -0.05) is 28.1 Å². The average molecular weight is 324 g/mol. The average Bonchev–Trinajstić information content (AvgIpc) is 2.44. The fourth-order valence-corrected chi connectivity index (χ4v) is 2.05. The Balaban J connectivity index is 2.15. The summed E-state index contributed by atoms with van der Waals surface area (Å²) in [4.78, 5) is 8.15. The molecule has 0 fully saturated rings. The number of anilines is 1.